The van der Waals surface area contributed by atoms with Crippen LogP contribution in [0.25, 0.3) is 0 Å². The predicted molar refractivity (Wildman–Crippen MR) is 180 cm³/mol. The number of benzene rings is 2. The van der Waals surface area contributed by atoms with Crippen LogP contribution < -0.4 is 5.32 Å². The van der Waals surface area contributed by atoms with Crippen molar-refractivity contribution in [2.24, 2.45) is 17.8 Å². The summed E-state index contributed by atoms with van der Waals surface area (Å²) in [6.07, 6.45) is 5.27. The number of phenols is 1. The Labute approximate surface area is 279 Å². The fourth-order valence-electron chi connectivity index (χ4n) is 8.26. The van der Waals surface area contributed by atoms with Crippen molar-refractivity contribution < 1.29 is 24.6 Å². The van der Waals surface area contributed by atoms with Crippen LogP contribution in [0.4, 0.5) is 15.3 Å². The molecule has 4 aliphatic heterocycles. The lowest BCUT2D eigenvalue weighted by atomic mass is 9.78. The first-order valence-corrected chi connectivity index (χ1v) is 17.6. The van der Waals surface area contributed by atoms with Crippen molar-refractivity contribution >= 4 is 39.6 Å². The van der Waals surface area contributed by atoms with Gasteiger partial charge in [-0.2, -0.15) is 0 Å². The van der Waals surface area contributed by atoms with Crippen LogP contribution in [0, 0.1) is 17.8 Å². The number of hydrogen-bond acceptors (Lipinski definition) is 5. The number of amides is 4. The van der Waals surface area contributed by atoms with Crippen LogP contribution in [0.1, 0.15) is 49.7 Å². The second kappa shape index (κ2) is 14.2. The van der Waals surface area contributed by atoms with Gasteiger partial charge in [0.1, 0.15) is 5.75 Å². The fourth-order valence-corrected chi connectivity index (χ4v) is 8.69. The van der Waals surface area contributed by atoms with E-state index < -0.39 is 18.1 Å². The van der Waals surface area contributed by atoms with E-state index in [1.807, 2.05) is 40.1 Å². The largest absolute Gasteiger partial charge is 0.507 e. The average molecular weight is 697 g/mol. The molecule has 3 saturated heterocycles. The number of hydrogen-bond donors (Lipinski definition) is 3. The highest BCUT2D eigenvalue weighted by molar-refractivity contribution is 9.10. The molecule has 46 heavy (non-hydrogen) atoms. The molecule has 4 amide bonds. The van der Waals surface area contributed by atoms with Crippen LogP contribution in [0.15, 0.2) is 46.9 Å². The molecule has 3 N–H and O–H groups in total. The molecule has 2 aromatic carbocycles. The maximum absolute atomic E-state index is 14.5. The lowest BCUT2D eigenvalue weighted by Gasteiger charge is -2.46. The Hall–Kier alpha value is -3.31. The molecule has 0 aliphatic carbocycles. The Kier molecular flexibility index (Phi) is 10.1. The van der Waals surface area contributed by atoms with E-state index >= 15 is 0 Å². The van der Waals surface area contributed by atoms with E-state index in [9.17, 15) is 24.6 Å². The summed E-state index contributed by atoms with van der Waals surface area (Å²) in [5, 5.41) is 23.6. The number of phenolic OH excluding ortho intramolecular Hbond substituents is 1. The highest BCUT2D eigenvalue weighted by Crippen LogP contribution is 2.36. The van der Waals surface area contributed by atoms with Gasteiger partial charge in [-0.05, 0) is 129 Å². The summed E-state index contributed by atoms with van der Waals surface area (Å²) in [7, 11) is 2.18. The topological polar surface area (TPSA) is 117 Å². The minimum atomic E-state index is -1.04. The quantitative estimate of drug-likeness (QED) is 0.368. The fraction of sp³-hybridized carbons (Fsp3) is 0.571. The molecule has 3 fully saturated rings. The van der Waals surface area contributed by atoms with Crippen LogP contribution in [-0.2, 0) is 17.6 Å². The van der Waals surface area contributed by atoms with Crippen molar-refractivity contribution in [1.82, 2.24) is 19.6 Å². The highest BCUT2D eigenvalue weighted by atomic mass is 79.9. The Morgan fingerprint density at radius 3 is 2.35 bits per heavy atom. The van der Waals surface area contributed by atoms with Crippen LogP contribution in [0.5, 0.6) is 5.75 Å². The smallest absolute Gasteiger partial charge is 0.407 e. The SMILES string of the molecule is CN1CCC(C2CCN(C(=O)C(Cc3ccc(O)c(Br)c3)[C@H]3CC(N4CCc5ccccc5NC4=O)CCN3C(=O)O)CC2)CC1. The molecular weight excluding hydrogens is 650 g/mol. The number of urea groups is 1. The third-order valence-electron chi connectivity index (χ3n) is 11.0. The zero-order valence-electron chi connectivity index (χ0n) is 26.6. The highest BCUT2D eigenvalue weighted by Gasteiger charge is 2.44. The number of halogens is 1. The molecule has 11 heteroatoms. The number of fused-ring (bicyclic) bond motifs is 1. The maximum atomic E-state index is 14.5. The maximum Gasteiger partial charge on any atom is 0.407 e. The number of anilines is 1. The van der Waals surface area contributed by atoms with Gasteiger partial charge in [0.2, 0.25) is 5.91 Å². The van der Waals surface area contributed by atoms with Gasteiger partial charge in [-0.25, -0.2) is 9.59 Å². The van der Waals surface area contributed by atoms with Crippen LogP contribution in [0.3, 0.4) is 0 Å². The van der Waals surface area contributed by atoms with Gasteiger partial charge in [-0.3, -0.25) is 4.79 Å². The van der Waals surface area contributed by atoms with Crippen molar-refractivity contribution in [2.75, 3.05) is 51.6 Å². The summed E-state index contributed by atoms with van der Waals surface area (Å²) in [4.78, 5) is 48.3. The summed E-state index contributed by atoms with van der Waals surface area (Å²) in [5.74, 6) is 0.786. The zero-order chi connectivity index (χ0) is 32.4. The number of nitrogens with one attached hydrogen (secondary N) is 1. The Morgan fingerprint density at radius 2 is 1.65 bits per heavy atom. The Bertz CT molecular complexity index is 1420. The molecule has 6 rings (SSSR count). The van der Waals surface area contributed by atoms with E-state index in [-0.39, 0.29) is 30.3 Å². The minimum absolute atomic E-state index is 0.0179. The Morgan fingerprint density at radius 1 is 0.957 bits per heavy atom. The molecule has 4 aliphatic rings. The van der Waals surface area contributed by atoms with Crippen LogP contribution >= 0.6 is 15.9 Å². The van der Waals surface area contributed by atoms with E-state index in [0.29, 0.717) is 61.6 Å². The third kappa shape index (κ3) is 7.15. The van der Waals surface area contributed by atoms with E-state index in [1.165, 1.54) is 17.7 Å². The first kappa shape index (κ1) is 32.6. The Balaban J connectivity index is 1.23. The summed E-state index contributed by atoms with van der Waals surface area (Å²) in [5.41, 5.74) is 2.73. The van der Waals surface area contributed by atoms with E-state index in [2.05, 4.69) is 33.2 Å². The molecular formula is C35H46BrN5O5. The van der Waals surface area contributed by atoms with Gasteiger partial charge in [0.15, 0.2) is 0 Å². The van der Waals surface area contributed by atoms with Gasteiger partial charge in [0.05, 0.1) is 10.4 Å². The van der Waals surface area contributed by atoms with Gasteiger partial charge in [0, 0.05) is 44.0 Å². The van der Waals surface area contributed by atoms with E-state index in [4.69, 9.17) is 0 Å². The molecule has 0 radical (unpaired) electrons. The first-order valence-electron chi connectivity index (χ1n) is 16.8. The van der Waals surface area contributed by atoms with Crippen molar-refractivity contribution in [1.29, 1.82) is 0 Å². The number of likely N-dealkylation sites (tertiary alicyclic amines) is 3. The summed E-state index contributed by atoms with van der Waals surface area (Å²) in [6.45, 7) is 4.40. The van der Waals surface area contributed by atoms with Crippen LogP contribution in [0.2, 0.25) is 0 Å². The van der Waals surface area contributed by atoms with Crippen LogP contribution in [-0.4, -0.2) is 106 Å². The van der Waals surface area contributed by atoms with Crippen molar-refractivity contribution in [3.8, 4) is 5.75 Å². The number of nitrogens with zero attached hydrogens (tertiary/aromatic N) is 4. The second-order valence-corrected chi connectivity index (χ2v) is 14.5. The molecule has 0 aromatic heterocycles. The number of aromatic hydroxyl groups is 1. The summed E-state index contributed by atoms with van der Waals surface area (Å²) >= 11 is 3.41. The number of carboxylic acid groups (broad SMARTS) is 1. The molecule has 248 valence electrons. The van der Waals surface area contributed by atoms with Crippen molar-refractivity contribution in [3.05, 3.63) is 58.1 Å². The molecule has 2 unspecified atom stereocenters. The molecule has 0 spiro atoms. The van der Waals surface area contributed by atoms with Gasteiger partial charge in [-0.15, -0.1) is 0 Å². The lowest BCUT2D eigenvalue weighted by molar-refractivity contribution is -0.140. The number of para-hydroxylation sites is 1. The zero-order valence-corrected chi connectivity index (χ0v) is 28.2. The number of piperidine rings is 3. The van der Waals surface area contributed by atoms with Gasteiger partial charge in [-0.1, -0.05) is 24.3 Å². The predicted octanol–water partition coefficient (Wildman–Crippen LogP) is 5.50. The van der Waals surface area contributed by atoms with E-state index in [0.717, 1.165) is 42.7 Å². The van der Waals surface area contributed by atoms with Gasteiger partial charge < -0.3 is 35.1 Å². The normalized spacial score (nSPS) is 24.2. The molecule has 0 saturated carbocycles. The van der Waals surface area contributed by atoms with E-state index in [1.54, 1.807) is 12.1 Å². The monoisotopic (exact) mass is 695 g/mol. The summed E-state index contributed by atoms with van der Waals surface area (Å²) in [6, 6.07) is 12.0. The van der Waals surface area contributed by atoms with Crippen molar-refractivity contribution in [3.63, 3.8) is 0 Å². The van der Waals surface area contributed by atoms with Gasteiger partial charge >= 0.3 is 12.1 Å². The average Bonchev–Trinajstić information content (AvgIpc) is 3.23. The molecule has 4 heterocycles. The third-order valence-corrected chi connectivity index (χ3v) is 11.6. The number of rotatable bonds is 6. The second-order valence-electron chi connectivity index (χ2n) is 13.7. The minimum Gasteiger partial charge on any atom is -0.507 e. The lowest BCUT2D eigenvalue weighted by Crippen LogP contribution is -2.59. The molecule has 2 aromatic rings. The molecule has 0 bridgehead atoms. The molecule has 10 nitrogen and oxygen atoms in total. The summed E-state index contributed by atoms with van der Waals surface area (Å²) < 4.78 is 0.535. The van der Waals surface area contributed by atoms with Gasteiger partial charge in [0.25, 0.3) is 0 Å². The first-order chi connectivity index (χ1) is 22.2. The molecule has 3 atom stereocenters. The number of carbonyl (C=O) groups is 3. The number of carbonyl (C=O) groups excluding carboxylic acids is 2. The standard InChI is InChI=1S/C35H46BrN5O5/c1-38-14-8-24(9-15-38)25-10-16-39(17-11-25)33(43)28(20-23-6-7-32(42)29(36)21-23)31-22-27(13-19-41(31)35(45)46)40-18-12-26-4-2-3-5-30(26)37-34(40)44/h2-7,21,24-25,27-28,31,42H,8-20,22H2,1H3,(H,37,44)(H,45,46)/t27?,28?,31-/m1/s1. The van der Waals surface area contributed by atoms with Crippen molar-refractivity contribution in [2.45, 2.75) is 63.5 Å².